The maximum atomic E-state index is 11.3. The highest BCUT2D eigenvalue weighted by molar-refractivity contribution is 7.46. The van der Waals surface area contributed by atoms with Crippen LogP contribution in [0.4, 0.5) is 0 Å². The van der Waals surface area contributed by atoms with Gasteiger partial charge in [0.15, 0.2) is 0 Å². The lowest BCUT2D eigenvalue weighted by molar-refractivity contribution is -0.190. The molecule has 0 aromatic heterocycles. The van der Waals surface area contributed by atoms with Gasteiger partial charge in [-0.25, -0.2) is 4.57 Å². The molecule has 0 spiro atoms. The molecule has 8 nitrogen and oxygen atoms in total. The summed E-state index contributed by atoms with van der Waals surface area (Å²) in [5, 5.41) is 1.28. The Morgan fingerprint density at radius 2 is 2.13 bits per heavy atom. The number of ether oxygens (including phenoxy) is 1. The fourth-order valence-electron chi connectivity index (χ4n) is 3.97. The van der Waals surface area contributed by atoms with Crippen LogP contribution in [-0.2, 0) is 13.9 Å². The molecule has 0 radical (unpaired) electrons. The largest absolute Gasteiger partial charge is 0.491 e. The van der Waals surface area contributed by atoms with Gasteiger partial charge in [0.2, 0.25) is 0 Å². The molecule has 0 aromatic carbocycles. The van der Waals surface area contributed by atoms with E-state index in [2.05, 4.69) is 11.8 Å². The molecule has 2 aliphatic heterocycles. The van der Waals surface area contributed by atoms with Crippen LogP contribution >= 0.6 is 7.82 Å². The number of nitrogens with zero attached hydrogens (tertiary/aromatic N) is 3. The van der Waals surface area contributed by atoms with E-state index in [1.165, 1.54) is 5.06 Å². The van der Waals surface area contributed by atoms with Crippen molar-refractivity contribution in [1.82, 2.24) is 14.9 Å². The molecular formula is C14H26N3O5P. The average Bonchev–Trinajstić information content (AvgIpc) is 2.80. The molecule has 1 fully saturated rings. The first-order valence-corrected chi connectivity index (χ1v) is 9.67. The van der Waals surface area contributed by atoms with Crippen LogP contribution in [0, 0.1) is 5.92 Å². The molecule has 3 rings (SSSR count). The fraction of sp³-hybridized carbons (Fsp3) is 0.857. The SMILES string of the molecule is CCN1CCC[C@@H]2CC3=C(C[C@H]21)OC(N(C)C)N3OP(=O)(O)O. The van der Waals surface area contributed by atoms with Gasteiger partial charge in [0.25, 0.3) is 6.35 Å². The van der Waals surface area contributed by atoms with Crippen molar-refractivity contribution in [2.75, 3.05) is 27.2 Å². The molecule has 132 valence electrons. The quantitative estimate of drug-likeness (QED) is 0.736. The lowest BCUT2D eigenvalue weighted by Gasteiger charge is -2.43. The summed E-state index contributed by atoms with van der Waals surface area (Å²) in [5.74, 6) is 1.29. The van der Waals surface area contributed by atoms with E-state index in [9.17, 15) is 14.4 Å². The monoisotopic (exact) mass is 347 g/mol. The van der Waals surface area contributed by atoms with Crippen LogP contribution < -0.4 is 0 Å². The number of phosphoric acid groups is 1. The minimum Gasteiger partial charge on any atom is -0.457 e. The van der Waals surface area contributed by atoms with E-state index >= 15 is 0 Å². The summed E-state index contributed by atoms with van der Waals surface area (Å²) >= 11 is 0. The van der Waals surface area contributed by atoms with Crippen molar-refractivity contribution >= 4 is 7.82 Å². The molecule has 1 aliphatic carbocycles. The van der Waals surface area contributed by atoms with Gasteiger partial charge < -0.3 is 14.5 Å². The molecule has 1 unspecified atom stereocenters. The third-order valence-electron chi connectivity index (χ3n) is 4.96. The first kappa shape index (κ1) is 17.2. The average molecular weight is 347 g/mol. The second kappa shape index (κ2) is 6.35. The van der Waals surface area contributed by atoms with E-state index in [4.69, 9.17) is 9.36 Å². The Balaban J connectivity index is 1.86. The summed E-state index contributed by atoms with van der Waals surface area (Å²) in [5.41, 5.74) is 0.784. The highest BCUT2D eigenvalue weighted by Gasteiger charge is 2.46. The Kier molecular flexibility index (Phi) is 4.75. The van der Waals surface area contributed by atoms with Crippen molar-refractivity contribution in [3.63, 3.8) is 0 Å². The Hall–Kier alpha value is -0.630. The maximum absolute atomic E-state index is 11.3. The summed E-state index contributed by atoms with van der Waals surface area (Å²) in [6.45, 7) is 4.30. The van der Waals surface area contributed by atoms with E-state index in [1.807, 2.05) is 0 Å². The zero-order chi connectivity index (χ0) is 16.8. The van der Waals surface area contributed by atoms with Crippen molar-refractivity contribution in [3.05, 3.63) is 11.5 Å². The summed E-state index contributed by atoms with van der Waals surface area (Å²) in [4.78, 5) is 22.7. The zero-order valence-electron chi connectivity index (χ0n) is 13.9. The predicted octanol–water partition coefficient (Wildman–Crippen LogP) is 1.29. The van der Waals surface area contributed by atoms with Crippen molar-refractivity contribution in [3.8, 4) is 0 Å². The minimum absolute atomic E-state index is 0.449. The number of allylic oxidation sites excluding steroid dienone is 1. The van der Waals surface area contributed by atoms with Gasteiger partial charge in [-0.3, -0.25) is 9.80 Å². The van der Waals surface area contributed by atoms with E-state index < -0.39 is 14.2 Å². The molecule has 23 heavy (non-hydrogen) atoms. The first-order valence-electron chi connectivity index (χ1n) is 8.13. The third-order valence-corrected chi connectivity index (χ3v) is 5.35. The Morgan fingerprint density at radius 1 is 1.39 bits per heavy atom. The molecule has 0 saturated carbocycles. The first-order chi connectivity index (χ1) is 10.8. The molecule has 0 amide bonds. The molecule has 9 heteroatoms. The number of hydrogen-bond donors (Lipinski definition) is 2. The minimum atomic E-state index is -4.64. The second-order valence-electron chi connectivity index (χ2n) is 6.68. The van der Waals surface area contributed by atoms with E-state index in [1.54, 1.807) is 19.0 Å². The summed E-state index contributed by atoms with van der Waals surface area (Å²) in [6.07, 6.45) is 3.17. The maximum Gasteiger partial charge on any atom is 0.491 e. The van der Waals surface area contributed by atoms with Crippen LogP contribution in [0.3, 0.4) is 0 Å². The molecule has 0 aromatic rings. The smallest absolute Gasteiger partial charge is 0.457 e. The topological polar surface area (TPSA) is 85.7 Å². The van der Waals surface area contributed by atoms with Gasteiger partial charge >= 0.3 is 7.82 Å². The molecule has 2 heterocycles. The van der Waals surface area contributed by atoms with Gasteiger partial charge in [0, 0.05) is 12.5 Å². The predicted molar refractivity (Wildman–Crippen MR) is 83.5 cm³/mol. The number of fused-ring (bicyclic) bond motifs is 1. The molecule has 2 N–H and O–H groups in total. The Labute approximate surface area is 136 Å². The van der Waals surface area contributed by atoms with Crippen molar-refractivity contribution < 1.29 is 23.7 Å². The van der Waals surface area contributed by atoms with Crippen molar-refractivity contribution in [1.29, 1.82) is 0 Å². The molecule has 3 atom stereocenters. The van der Waals surface area contributed by atoms with Crippen LogP contribution in [0.5, 0.6) is 0 Å². The van der Waals surface area contributed by atoms with Crippen LogP contribution in [0.25, 0.3) is 0 Å². The highest BCUT2D eigenvalue weighted by Crippen LogP contribution is 2.48. The summed E-state index contributed by atoms with van der Waals surface area (Å²) in [6, 6.07) is 0.449. The van der Waals surface area contributed by atoms with Gasteiger partial charge in [-0.15, -0.1) is 0 Å². The van der Waals surface area contributed by atoms with E-state index in [0.29, 0.717) is 12.0 Å². The second-order valence-corrected chi connectivity index (χ2v) is 7.83. The van der Waals surface area contributed by atoms with Gasteiger partial charge in [-0.1, -0.05) is 6.92 Å². The van der Waals surface area contributed by atoms with E-state index in [0.717, 1.165) is 50.2 Å². The lowest BCUT2D eigenvalue weighted by Crippen LogP contribution is -2.47. The Morgan fingerprint density at radius 3 is 2.74 bits per heavy atom. The molecule has 3 aliphatic rings. The van der Waals surface area contributed by atoms with Crippen LogP contribution in [0.1, 0.15) is 32.6 Å². The zero-order valence-corrected chi connectivity index (χ0v) is 14.8. The highest BCUT2D eigenvalue weighted by atomic mass is 31.2. The van der Waals surface area contributed by atoms with Crippen LogP contribution in [0.2, 0.25) is 0 Å². The van der Waals surface area contributed by atoms with Gasteiger partial charge in [0.1, 0.15) is 5.76 Å². The van der Waals surface area contributed by atoms with Crippen molar-refractivity contribution in [2.24, 2.45) is 5.92 Å². The van der Waals surface area contributed by atoms with E-state index in [-0.39, 0.29) is 0 Å². The summed E-state index contributed by atoms with van der Waals surface area (Å²) < 4.78 is 22.2. The molecular weight excluding hydrogens is 321 g/mol. The fourth-order valence-corrected chi connectivity index (χ4v) is 4.37. The molecule has 1 saturated heterocycles. The Bertz CT molecular complexity index is 535. The summed E-state index contributed by atoms with van der Waals surface area (Å²) in [7, 11) is -1.04. The van der Waals surface area contributed by atoms with Gasteiger partial charge in [-0.05, 0) is 52.4 Å². The standard InChI is InChI=1S/C14H26N3O5P/c1-4-16-7-5-6-10-8-12-13(9-11(10)16)21-14(15(2)3)17(12)22-23(18,19)20/h10-11,14H,4-9H2,1-3H3,(H2,18,19,20)/t10-,11-,14?/m1/s1. The van der Waals surface area contributed by atoms with Crippen molar-refractivity contribution in [2.45, 2.75) is 45.0 Å². The number of piperidine rings is 1. The van der Waals surface area contributed by atoms with Gasteiger partial charge in [-0.2, -0.15) is 9.69 Å². The van der Waals surface area contributed by atoms with Crippen LogP contribution in [-0.4, -0.2) is 64.2 Å². The number of hydrogen-bond acceptors (Lipinski definition) is 6. The van der Waals surface area contributed by atoms with Crippen LogP contribution in [0.15, 0.2) is 11.5 Å². The lowest BCUT2D eigenvalue weighted by atomic mass is 9.79. The number of likely N-dealkylation sites (tertiary alicyclic amines) is 1. The number of rotatable bonds is 4. The normalized spacial score (nSPS) is 32.1. The molecule has 0 bridgehead atoms. The third kappa shape index (κ3) is 3.43. The number of hydroxylamine groups is 2. The van der Waals surface area contributed by atoms with Gasteiger partial charge in [0.05, 0.1) is 5.70 Å².